The number of morpholine rings is 1. The first-order valence-electron chi connectivity index (χ1n) is 7.19. The highest BCUT2D eigenvalue weighted by atomic mass is 16.5. The molecule has 0 saturated carbocycles. The average Bonchev–Trinajstić information content (AvgIpc) is 2.93. The van der Waals surface area contributed by atoms with Gasteiger partial charge in [-0.1, -0.05) is 11.2 Å². The molecule has 1 unspecified atom stereocenters. The zero-order valence-corrected chi connectivity index (χ0v) is 12.9. The summed E-state index contributed by atoms with van der Waals surface area (Å²) >= 11 is 0. The maximum Gasteiger partial charge on any atom is 0.272 e. The lowest BCUT2D eigenvalue weighted by Crippen LogP contribution is -2.43. The van der Waals surface area contributed by atoms with Crippen molar-refractivity contribution in [1.29, 1.82) is 0 Å². The lowest BCUT2D eigenvalue weighted by atomic mass is 10.1. The molecule has 1 saturated heterocycles. The van der Waals surface area contributed by atoms with Crippen LogP contribution in [0.15, 0.2) is 16.8 Å². The number of ether oxygens (including phenoxy) is 1. The molecule has 3 rings (SSSR count). The van der Waals surface area contributed by atoms with Crippen molar-refractivity contribution >= 4 is 5.91 Å². The molecule has 22 heavy (non-hydrogen) atoms. The van der Waals surface area contributed by atoms with Crippen LogP contribution in [0.5, 0.6) is 0 Å². The van der Waals surface area contributed by atoms with Crippen molar-refractivity contribution in [1.82, 2.24) is 20.0 Å². The van der Waals surface area contributed by atoms with E-state index in [-0.39, 0.29) is 12.0 Å². The molecule has 2 aromatic rings. The molecule has 1 aliphatic rings. The molecule has 0 bridgehead atoms. The van der Waals surface area contributed by atoms with Crippen LogP contribution in [0.4, 0.5) is 0 Å². The minimum absolute atomic E-state index is 0.0917. The number of aromatic nitrogens is 3. The summed E-state index contributed by atoms with van der Waals surface area (Å²) in [6.45, 7) is 6.94. The van der Waals surface area contributed by atoms with E-state index in [1.165, 1.54) is 0 Å². The smallest absolute Gasteiger partial charge is 0.272 e. The van der Waals surface area contributed by atoms with Crippen LogP contribution in [0.1, 0.15) is 39.4 Å². The van der Waals surface area contributed by atoms with Crippen molar-refractivity contribution in [2.75, 3.05) is 19.7 Å². The fourth-order valence-corrected chi connectivity index (χ4v) is 2.52. The third-order valence-corrected chi connectivity index (χ3v) is 3.60. The van der Waals surface area contributed by atoms with Crippen LogP contribution in [0.25, 0.3) is 0 Å². The molecular weight excluding hydrogens is 284 g/mol. The second-order valence-electron chi connectivity index (χ2n) is 5.46. The standard InChI is InChI=1S/C15H18N4O3/c1-9-6-10(2)13(16-7-9)15(20)19-4-5-21-12(8-19)14-17-11(3)22-18-14/h6-7,12H,4-5,8H2,1-3H3. The Morgan fingerprint density at radius 2 is 2.18 bits per heavy atom. The molecule has 1 atom stereocenters. The van der Waals surface area contributed by atoms with E-state index >= 15 is 0 Å². The van der Waals surface area contributed by atoms with Gasteiger partial charge in [0.15, 0.2) is 0 Å². The first-order valence-corrected chi connectivity index (χ1v) is 7.19. The SMILES string of the molecule is Cc1cnc(C(=O)N2CCOC(c3noc(C)n3)C2)c(C)c1. The number of rotatable bonds is 2. The number of amides is 1. The molecule has 7 nitrogen and oxygen atoms in total. The van der Waals surface area contributed by atoms with Crippen LogP contribution >= 0.6 is 0 Å². The van der Waals surface area contributed by atoms with Gasteiger partial charge in [0.05, 0.1) is 13.2 Å². The van der Waals surface area contributed by atoms with Crippen molar-refractivity contribution in [3.8, 4) is 0 Å². The van der Waals surface area contributed by atoms with Crippen LogP contribution in [0.3, 0.4) is 0 Å². The zero-order valence-electron chi connectivity index (χ0n) is 12.9. The first-order chi connectivity index (χ1) is 10.5. The molecule has 1 fully saturated rings. The Kier molecular flexibility index (Phi) is 3.89. The molecule has 0 aromatic carbocycles. The van der Waals surface area contributed by atoms with Gasteiger partial charge in [-0.05, 0) is 25.0 Å². The van der Waals surface area contributed by atoms with Gasteiger partial charge in [0, 0.05) is 19.7 Å². The highest BCUT2D eigenvalue weighted by molar-refractivity contribution is 5.93. The maximum absolute atomic E-state index is 12.7. The molecule has 0 aliphatic carbocycles. The summed E-state index contributed by atoms with van der Waals surface area (Å²) < 4.78 is 10.6. The predicted molar refractivity (Wildman–Crippen MR) is 77.3 cm³/mol. The van der Waals surface area contributed by atoms with Gasteiger partial charge in [0.2, 0.25) is 11.7 Å². The van der Waals surface area contributed by atoms with E-state index < -0.39 is 0 Å². The van der Waals surface area contributed by atoms with Crippen LogP contribution < -0.4 is 0 Å². The highest BCUT2D eigenvalue weighted by Gasteiger charge is 2.30. The summed E-state index contributed by atoms with van der Waals surface area (Å²) in [4.78, 5) is 22.8. The summed E-state index contributed by atoms with van der Waals surface area (Å²) in [6, 6.07) is 1.96. The molecule has 3 heterocycles. The van der Waals surface area contributed by atoms with E-state index in [1.807, 2.05) is 19.9 Å². The molecular formula is C15H18N4O3. The minimum Gasteiger partial charge on any atom is -0.366 e. The Morgan fingerprint density at radius 1 is 1.36 bits per heavy atom. The highest BCUT2D eigenvalue weighted by Crippen LogP contribution is 2.21. The molecule has 7 heteroatoms. The third-order valence-electron chi connectivity index (χ3n) is 3.60. The molecule has 1 aliphatic heterocycles. The Morgan fingerprint density at radius 3 is 2.86 bits per heavy atom. The van der Waals surface area contributed by atoms with Gasteiger partial charge in [0.1, 0.15) is 11.8 Å². The van der Waals surface area contributed by atoms with Crippen molar-refractivity contribution in [2.24, 2.45) is 0 Å². The summed E-state index contributed by atoms with van der Waals surface area (Å²) in [7, 11) is 0. The maximum atomic E-state index is 12.7. The number of nitrogens with zero attached hydrogens (tertiary/aromatic N) is 4. The number of hydrogen-bond donors (Lipinski definition) is 0. The van der Waals surface area contributed by atoms with Gasteiger partial charge >= 0.3 is 0 Å². The first kappa shape index (κ1) is 14.6. The van der Waals surface area contributed by atoms with Gasteiger partial charge in [-0.15, -0.1) is 0 Å². The molecule has 0 N–H and O–H groups in total. The fraction of sp³-hybridized carbons (Fsp3) is 0.467. The molecule has 2 aromatic heterocycles. The van der Waals surface area contributed by atoms with E-state index in [2.05, 4.69) is 15.1 Å². The van der Waals surface area contributed by atoms with E-state index in [1.54, 1.807) is 18.0 Å². The summed E-state index contributed by atoms with van der Waals surface area (Å²) in [5.74, 6) is 0.868. The second kappa shape index (κ2) is 5.84. The van der Waals surface area contributed by atoms with Crippen molar-refractivity contribution in [3.63, 3.8) is 0 Å². The van der Waals surface area contributed by atoms with Crippen LogP contribution in [-0.4, -0.2) is 45.6 Å². The number of carbonyl (C=O) groups excluding carboxylic acids is 1. The van der Waals surface area contributed by atoms with Crippen molar-refractivity contribution in [3.05, 3.63) is 40.8 Å². The predicted octanol–water partition coefficient (Wildman–Crippen LogP) is 1.60. The third kappa shape index (κ3) is 2.85. The van der Waals surface area contributed by atoms with Crippen molar-refractivity contribution < 1.29 is 14.1 Å². The zero-order chi connectivity index (χ0) is 15.7. The number of aryl methyl sites for hydroxylation is 3. The van der Waals surface area contributed by atoms with Crippen LogP contribution in [0, 0.1) is 20.8 Å². The second-order valence-corrected chi connectivity index (χ2v) is 5.46. The summed E-state index contributed by atoms with van der Waals surface area (Å²) in [6.07, 6.45) is 1.35. The van der Waals surface area contributed by atoms with Gasteiger partial charge in [0.25, 0.3) is 5.91 Å². The quantitative estimate of drug-likeness (QED) is 0.838. The van der Waals surface area contributed by atoms with Gasteiger partial charge in [-0.25, -0.2) is 0 Å². The number of hydrogen-bond acceptors (Lipinski definition) is 6. The minimum atomic E-state index is -0.360. The molecule has 0 spiro atoms. The lowest BCUT2D eigenvalue weighted by molar-refractivity contribution is -0.0278. The van der Waals surface area contributed by atoms with E-state index in [4.69, 9.17) is 9.26 Å². The lowest BCUT2D eigenvalue weighted by Gasteiger charge is -2.31. The van der Waals surface area contributed by atoms with E-state index in [9.17, 15) is 4.79 Å². The average molecular weight is 302 g/mol. The van der Waals surface area contributed by atoms with Gasteiger partial charge in [-0.3, -0.25) is 9.78 Å². The summed E-state index contributed by atoms with van der Waals surface area (Å²) in [5.41, 5.74) is 2.40. The van der Waals surface area contributed by atoms with E-state index in [0.29, 0.717) is 37.1 Å². The van der Waals surface area contributed by atoms with E-state index in [0.717, 1.165) is 11.1 Å². The number of pyridine rings is 1. The van der Waals surface area contributed by atoms with Crippen LogP contribution in [0.2, 0.25) is 0 Å². The van der Waals surface area contributed by atoms with Gasteiger partial charge < -0.3 is 14.2 Å². The monoisotopic (exact) mass is 302 g/mol. The van der Waals surface area contributed by atoms with Gasteiger partial charge in [-0.2, -0.15) is 4.98 Å². The Hall–Kier alpha value is -2.28. The fourth-order valence-electron chi connectivity index (χ4n) is 2.52. The Labute approximate surface area is 128 Å². The molecule has 0 radical (unpaired) electrons. The summed E-state index contributed by atoms with van der Waals surface area (Å²) in [5, 5.41) is 3.87. The molecule has 116 valence electrons. The molecule has 1 amide bonds. The van der Waals surface area contributed by atoms with Crippen molar-refractivity contribution in [2.45, 2.75) is 26.9 Å². The van der Waals surface area contributed by atoms with Crippen LogP contribution in [-0.2, 0) is 4.74 Å². The number of carbonyl (C=O) groups is 1. The Balaban J connectivity index is 1.78. The normalized spacial score (nSPS) is 18.5. The topological polar surface area (TPSA) is 81.4 Å². The Bertz CT molecular complexity index is 698. The largest absolute Gasteiger partial charge is 0.366 e.